The van der Waals surface area contributed by atoms with Gasteiger partial charge in [0.25, 0.3) is 0 Å². The summed E-state index contributed by atoms with van der Waals surface area (Å²) in [6.45, 7) is 2.51. The number of aryl methyl sites for hydroxylation is 1. The molecular formula is C22H30N2O3. The van der Waals surface area contributed by atoms with E-state index in [0.717, 1.165) is 37.0 Å². The summed E-state index contributed by atoms with van der Waals surface area (Å²) in [6, 6.07) is 17.5. The summed E-state index contributed by atoms with van der Waals surface area (Å²) < 4.78 is 5.17. The number of hydrogen-bond donors (Lipinski definition) is 1. The van der Waals surface area contributed by atoms with Crippen LogP contribution in [0.25, 0.3) is 0 Å². The Morgan fingerprint density at radius 2 is 1.74 bits per heavy atom. The van der Waals surface area contributed by atoms with Crippen molar-refractivity contribution in [3.63, 3.8) is 0 Å². The summed E-state index contributed by atoms with van der Waals surface area (Å²) in [7, 11) is 1.64. The molecule has 5 heteroatoms. The molecule has 2 atom stereocenters. The Labute approximate surface area is 161 Å². The molecule has 0 aliphatic heterocycles. The molecule has 2 aromatic carbocycles. The summed E-state index contributed by atoms with van der Waals surface area (Å²) in [6.07, 6.45) is 4.37. The lowest BCUT2D eigenvalue weighted by molar-refractivity contribution is -0.527. The van der Waals surface area contributed by atoms with Crippen LogP contribution in [0.4, 0.5) is 0 Å². The van der Waals surface area contributed by atoms with Gasteiger partial charge in [0.05, 0.1) is 13.2 Å². The van der Waals surface area contributed by atoms with Crippen LogP contribution in [0.5, 0.6) is 5.75 Å². The van der Waals surface area contributed by atoms with E-state index >= 15 is 0 Å². The zero-order chi connectivity index (χ0) is 19.5. The highest BCUT2D eigenvalue weighted by Crippen LogP contribution is 2.15. The second kappa shape index (κ2) is 11.3. The van der Waals surface area contributed by atoms with Crippen molar-refractivity contribution in [3.05, 3.63) is 75.8 Å². The van der Waals surface area contributed by atoms with E-state index in [1.54, 1.807) is 7.11 Å². The fourth-order valence-corrected chi connectivity index (χ4v) is 3.34. The number of rotatable bonds is 12. The highest BCUT2D eigenvalue weighted by Gasteiger charge is 2.28. The lowest BCUT2D eigenvalue weighted by Crippen LogP contribution is -2.43. The fourth-order valence-electron chi connectivity index (χ4n) is 3.34. The van der Waals surface area contributed by atoms with Crippen LogP contribution in [-0.2, 0) is 13.0 Å². The largest absolute Gasteiger partial charge is 0.497 e. The SMILES string of the molecule is CC[C@H]([C@H](CCCCc1ccccc1)NCc1ccc(OC)cc1)[N+](=O)[O-]. The summed E-state index contributed by atoms with van der Waals surface area (Å²) in [4.78, 5) is 11.3. The average molecular weight is 370 g/mol. The lowest BCUT2D eigenvalue weighted by atomic mass is 9.98. The van der Waals surface area contributed by atoms with Crippen LogP contribution in [-0.4, -0.2) is 24.1 Å². The summed E-state index contributed by atoms with van der Waals surface area (Å²) in [5.41, 5.74) is 2.42. The van der Waals surface area contributed by atoms with Crippen molar-refractivity contribution in [2.75, 3.05) is 7.11 Å². The van der Waals surface area contributed by atoms with Crippen LogP contribution in [0.3, 0.4) is 0 Å². The topological polar surface area (TPSA) is 64.4 Å². The van der Waals surface area contributed by atoms with Crippen molar-refractivity contribution < 1.29 is 9.66 Å². The Morgan fingerprint density at radius 3 is 2.33 bits per heavy atom. The van der Waals surface area contributed by atoms with Crippen molar-refractivity contribution in [2.45, 2.75) is 57.7 Å². The third kappa shape index (κ3) is 7.02. The van der Waals surface area contributed by atoms with Gasteiger partial charge in [-0.25, -0.2) is 0 Å². The second-order valence-corrected chi connectivity index (χ2v) is 6.83. The van der Waals surface area contributed by atoms with Crippen molar-refractivity contribution in [1.82, 2.24) is 5.32 Å². The van der Waals surface area contributed by atoms with Gasteiger partial charge in [-0.3, -0.25) is 10.1 Å². The van der Waals surface area contributed by atoms with Crippen LogP contribution in [0, 0.1) is 10.1 Å². The molecule has 0 fully saturated rings. The van der Waals surface area contributed by atoms with E-state index in [9.17, 15) is 10.1 Å². The minimum atomic E-state index is -0.556. The van der Waals surface area contributed by atoms with Gasteiger partial charge in [-0.05, 0) is 42.5 Å². The maximum atomic E-state index is 11.5. The highest BCUT2D eigenvalue weighted by molar-refractivity contribution is 5.27. The van der Waals surface area contributed by atoms with E-state index in [1.807, 2.05) is 49.4 Å². The van der Waals surface area contributed by atoms with Crippen LogP contribution < -0.4 is 10.1 Å². The maximum absolute atomic E-state index is 11.5. The first-order valence-corrected chi connectivity index (χ1v) is 9.67. The van der Waals surface area contributed by atoms with Crippen LogP contribution >= 0.6 is 0 Å². The van der Waals surface area contributed by atoms with Gasteiger partial charge in [0.15, 0.2) is 0 Å². The predicted molar refractivity (Wildman–Crippen MR) is 109 cm³/mol. The van der Waals surface area contributed by atoms with Crippen molar-refractivity contribution in [2.24, 2.45) is 0 Å². The number of nitrogens with one attached hydrogen (secondary N) is 1. The van der Waals surface area contributed by atoms with Crippen molar-refractivity contribution in [3.8, 4) is 5.75 Å². The third-order valence-corrected chi connectivity index (χ3v) is 4.95. The molecule has 0 amide bonds. The molecule has 0 unspecified atom stereocenters. The molecule has 0 aromatic heterocycles. The Morgan fingerprint density at radius 1 is 1.04 bits per heavy atom. The maximum Gasteiger partial charge on any atom is 0.227 e. The molecule has 0 saturated heterocycles. The van der Waals surface area contributed by atoms with Crippen LogP contribution in [0.1, 0.15) is 43.7 Å². The molecule has 1 N–H and O–H groups in total. The third-order valence-electron chi connectivity index (χ3n) is 4.95. The van der Waals surface area contributed by atoms with E-state index in [1.165, 1.54) is 5.56 Å². The molecule has 2 rings (SSSR count). The van der Waals surface area contributed by atoms with Crippen molar-refractivity contribution >= 4 is 0 Å². The van der Waals surface area contributed by atoms with E-state index in [2.05, 4.69) is 17.4 Å². The first-order valence-electron chi connectivity index (χ1n) is 9.67. The molecular weight excluding hydrogens is 340 g/mol. The molecule has 0 radical (unpaired) electrons. The van der Waals surface area contributed by atoms with E-state index in [0.29, 0.717) is 13.0 Å². The number of nitro groups is 1. The molecule has 0 heterocycles. The number of benzene rings is 2. The first kappa shape index (κ1) is 20.9. The van der Waals surface area contributed by atoms with Crippen LogP contribution in [0.2, 0.25) is 0 Å². The smallest absolute Gasteiger partial charge is 0.227 e. The van der Waals surface area contributed by atoms with Gasteiger partial charge in [-0.1, -0.05) is 55.8 Å². The highest BCUT2D eigenvalue weighted by atomic mass is 16.6. The molecule has 27 heavy (non-hydrogen) atoms. The van der Waals surface area contributed by atoms with Gasteiger partial charge >= 0.3 is 0 Å². The molecule has 0 aliphatic rings. The molecule has 0 aliphatic carbocycles. The van der Waals surface area contributed by atoms with Gasteiger partial charge in [0.1, 0.15) is 5.75 Å². The quantitative estimate of drug-likeness (QED) is 0.336. The van der Waals surface area contributed by atoms with E-state index < -0.39 is 6.04 Å². The Kier molecular flexibility index (Phi) is 8.78. The molecule has 5 nitrogen and oxygen atoms in total. The molecule has 146 valence electrons. The summed E-state index contributed by atoms with van der Waals surface area (Å²) >= 11 is 0. The molecule has 0 bridgehead atoms. The zero-order valence-electron chi connectivity index (χ0n) is 16.3. The van der Waals surface area contributed by atoms with Crippen molar-refractivity contribution in [1.29, 1.82) is 0 Å². The van der Waals surface area contributed by atoms with E-state index in [-0.39, 0.29) is 11.0 Å². The lowest BCUT2D eigenvalue weighted by Gasteiger charge is -2.22. The summed E-state index contributed by atoms with van der Waals surface area (Å²) in [5.74, 6) is 0.813. The fraction of sp³-hybridized carbons (Fsp3) is 0.455. The Balaban J connectivity index is 1.88. The summed E-state index contributed by atoms with van der Waals surface area (Å²) in [5, 5.41) is 14.9. The number of methoxy groups -OCH3 is 1. The standard InChI is InChI=1S/C22H30N2O3/c1-3-22(24(25)26)21(12-8-7-11-18-9-5-4-6-10-18)23-17-19-13-15-20(27-2)16-14-19/h4-6,9-10,13-16,21-23H,3,7-8,11-12,17H2,1-2H3/t21-,22+/m0/s1. The van der Waals surface area contributed by atoms with Gasteiger partial charge in [-0.15, -0.1) is 0 Å². The molecule has 2 aromatic rings. The predicted octanol–water partition coefficient (Wildman–Crippen LogP) is 4.62. The van der Waals surface area contributed by atoms with Gasteiger partial charge in [-0.2, -0.15) is 0 Å². The number of hydrogen-bond acceptors (Lipinski definition) is 4. The molecule has 0 saturated carbocycles. The minimum absolute atomic E-state index is 0.122. The number of ether oxygens (including phenoxy) is 1. The van der Waals surface area contributed by atoms with Gasteiger partial charge in [0, 0.05) is 17.9 Å². The second-order valence-electron chi connectivity index (χ2n) is 6.83. The number of nitrogens with zero attached hydrogens (tertiary/aromatic N) is 1. The minimum Gasteiger partial charge on any atom is -0.497 e. The normalized spacial score (nSPS) is 13.1. The monoisotopic (exact) mass is 370 g/mol. The number of unbranched alkanes of at least 4 members (excludes halogenated alkanes) is 1. The van der Waals surface area contributed by atoms with Gasteiger partial charge < -0.3 is 10.1 Å². The first-order chi connectivity index (χ1) is 13.1. The Bertz CT molecular complexity index is 674. The Hall–Kier alpha value is -2.40. The molecule has 0 spiro atoms. The van der Waals surface area contributed by atoms with Gasteiger partial charge in [0.2, 0.25) is 6.04 Å². The van der Waals surface area contributed by atoms with E-state index in [4.69, 9.17) is 4.74 Å². The average Bonchev–Trinajstić information content (AvgIpc) is 2.70. The van der Waals surface area contributed by atoms with Crippen LogP contribution in [0.15, 0.2) is 54.6 Å². The zero-order valence-corrected chi connectivity index (χ0v) is 16.3.